The Balaban J connectivity index is 0.703. The molecule has 2 aliphatic carbocycles. The summed E-state index contributed by atoms with van der Waals surface area (Å²) in [5.74, 6) is 1.32. The molecule has 2 saturated heterocycles. The summed E-state index contributed by atoms with van der Waals surface area (Å²) in [6.45, 7) is 2.38. The first kappa shape index (κ1) is 31.9. The lowest BCUT2D eigenvalue weighted by atomic mass is 9.83. The van der Waals surface area contributed by atoms with Crippen LogP contribution in [0.2, 0.25) is 0 Å². The Morgan fingerprint density at radius 2 is 0.959 bits per heavy atom. The van der Waals surface area contributed by atoms with E-state index in [-0.39, 0.29) is 23.9 Å². The van der Waals surface area contributed by atoms with Crippen molar-refractivity contribution in [3.05, 3.63) is 92.7 Å². The first-order chi connectivity index (χ1) is 24.1. The second-order valence-electron chi connectivity index (χ2n) is 16.1. The summed E-state index contributed by atoms with van der Waals surface area (Å²) in [5.41, 5.74) is 6.83. The van der Waals surface area contributed by atoms with Crippen LogP contribution >= 0.6 is 11.3 Å². The van der Waals surface area contributed by atoms with Crippen molar-refractivity contribution in [3.8, 4) is 0 Å². The minimum absolute atomic E-state index is 0.0725. The molecular formula is C42H52N4O2S. The highest BCUT2D eigenvalue weighted by molar-refractivity contribution is 7.12. The number of fused-ring (bicyclic) bond motifs is 10. The van der Waals surface area contributed by atoms with Gasteiger partial charge in [0.2, 0.25) is 0 Å². The van der Waals surface area contributed by atoms with Crippen molar-refractivity contribution in [2.75, 3.05) is 13.1 Å². The highest BCUT2D eigenvalue weighted by Crippen LogP contribution is 2.54. The smallest absolute Gasteiger partial charge is 0.262 e. The molecule has 1 unspecified atom stereocenters. The number of nitrogens with one attached hydrogen (secondary N) is 2. The van der Waals surface area contributed by atoms with E-state index in [0.29, 0.717) is 34.6 Å². The van der Waals surface area contributed by atoms with Gasteiger partial charge in [0.1, 0.15) is 4.88 Å². The van der Waals surface area contributed by atoms with Crippen molar-refractivity contribution in [1.29, 1.82) is 0 Å². The molecule has 4 fully saturated rings. The van der Waals surface area contributed by atoms with Crippen LogP contribution in [0.15, 0.2) is 60.0 Å². The predicted octanol–water partition coefficient (Wildman–Crippen LogP) is 8.89. The van der Waals surface area contributed by atoms with Crippen LogP contribution in [0.4, 0.5) is 0 Å². The number of amides is 2. The first-order valence-electron chi connectivity index (χ1n) is 19.5. The lowest BCUT2D eigenvalue weighted by Crippen LogP contribution is -2.40. The van der Waals surface area contributed by atoms with Crippen LogP contribution < -0.4 is 10.6 Å². The van der Waals surface area contributed by atoms with Crippen LogP contribution in [0.3, 0.4) is 0 Å². The summed E-state index contributed by atoms with van der Waals surface area (Å²) < 4.78 is 0. The topological polar surface area (TPSA) is 64.7 Å². The first-order valence-corrected chi connectivity index (χ1v) is 20.4. The van der Waals surface area contributed by atoms with Gasteiger partial charge in [-0.2, -0.15) is 0 Å². The van der Waals surface area contributed by atoms with E-state index in [0.717, 1.165) is 37.5 Å². The molecule has 3 aromatic rings. The van der Waals surface area contributed by atoms with Gasteiger partial charge in [0.25, 0.3) is 11.8 Å². The van der Waals surface area contributed by atoms with Gasteiger partial charge in [-0.1, -0.05) is 48.5 Å². The van der Waals surface area contributed by atoms with Crippen molar-refractivity contribution < 1.29 is 9.59 Å². The van der Waals surface area contributed by atoms with Gasteiger partial charge in [-0.15, -0.1) is 11.3 Å². The van der Waals surface area contributed by atoms with E-state index in [4.69, 9.17) is 0 Å². The van der Waals surface area contributed by atoms with Crippen LogP contribution in [0.1, 0.15) is 156 Å². The third kappa shape index (κ3) is 6.08. The number of benzene rings is 2. The molecule has 7 heteroatoms. The standard InChI is InChI=1S/C42H52N4O2S/c47-41(43-29-13-9-27(10-14-29)21-24-45-36-17-18-37(45)32-6-2-1-5-31(32)36)35-23-26-49-40(35)42(48)44-30-15-11-28(12-16-30)22-25-46-38-19-20-39(46)34-8-4-3-7-33(34)38/h1-8,23,26-30,36-39H,9-22,24-25H2,(H,43,47)(H,44,48)/t27?,28?,29?,30?,36-,37?,38-,39+/m1/s1. The van der Waals surface area contributed by atoms with Gasteiger partial charge in [0, 0.05) is 36.3 Å². The van der Waals surface area contributed by atoms with Crippen LogP contribution in [-0.4, -0.2) is 46.8 Å². The van der Waals surface area contributed by atoms with Crippen LogP contribution in [0, 0.1) is 11.8 Å². The minimum atomic E-state index is -0.0806. The second-order valence-corrected chi connectivity index (χ2v) is 17.0. The van der Waals surface area contributed by atoms with Gasteiger partial charge in [-0.05, 0) is 149 Å². The minimum Gasteiger partial charge on any atom is -0.349 e. The van der Waals surface area contributed by atoms with Gasteiger partial charge in [0.15, 0.2) is 0 Å². The molecule has 5 heterocycles. The van der Waals surface area contributed by atoms with Gasteiger partial charge < -0.3 is 10.6 Å². The third-order valence-corrected chi connectivity index (χ3v) is 14.4. The molecule has 9 rings (SSSR count). The molecular weight excluding hydrogens is 625 g/mol. The summed E-state index contributed by atoms with van der Waals surface area (Å²) in [5, 5.41) is 8.51. The van der Waals surface area contributed by atoms with Crippen LogP contribution in [0.25, 0.3) is 0 Å². The van der Waals surface area contributed by atoms with Gasteiger partial charge in [-0.3, -0.25) is 19.4 Å². The van der Waals surface area contributed by atoms with Gasteiger partial charge in [-0.25, -0.2) is 0 Å². The van der Waals surface area contributed by atoms with Crippen molar-refractivity contribution >= 4 is 23.2 Å². The molecule has 0 radical (unpaired) electrons. The van der Waals surface area contributed by atoms with E-state index in [9.17, 15) is 9.59 Å². The van der Waals surface area contributed by atoms with E-state index < -0.39 is 0 Å². The van der Waals surface area contributed by atoms with E-state index in [2.05, 4.69) is 69.0 Å². The summed E-state index contributed by atoms with van der Waals surface area (Å²) >= 11 is 1.40. The summed E-state index contributed by atoms with van der Waals surface area (Å²) in [6, 6.07) is 22.9. The van der Waals surface area contributed by atoms with Crippen molar-refractivity contribution in [2.45, 2.75) is 126 Å². The molecule has 0 spiro atoms. The summed E-state index contributed by atoms with van der Waals surface area (Å²) in [4.78, 5) is 32.9. The Morgan fingerprint density at radius 1 is 0.551 bits per heavy atom. The zero-order valence-electron chi connectivity index (χ0n) is 28.8. The number of thiophene rings is 1. The molecule has 4 bridgehead atoms. The Kier molecular flexibility index (Phi) is 8.87. The maximum absolute atomic E-state index is 13.4. The Hall–Kier alpha value is -3.00. The SMILES string of the molecule is O=C(NC1CCC(CCN2C3CC[C@@H]2c2ccccc23)CC1)c1ccsc1C(=O)NC1CCC(CCN2[C@@H]3CC[C@H]2c2ccccc23)CC1. The number of carbonyl (C=O) groups excluding carboxylic acids is 2. The maximum atomic E-state index is 13.4. The zero-order valence-corrected chi connectivity index (χ0v) is 29.6. The Labute approximate surface area is 296 Å². The van der Waals surface area contributed by atoms with E-state index in [1.807, 2.05) is 11.4 Å². The fourth-order valence-electron chi connectivity index (χ4n) is 11.0. The second kappa shape index (κ2) is 13.6. The molecule has 6 nitrogen and oxygen atoms in total. The normalized spacial score (nSPS) is 31.8. The van der Waals surface area contributed by atoms with Crippen molar-refractivity contribution in [2.24, 2.45) is 11.8 Å². The lowest BCUT2D eigenvalue weighted by Gasteiger charge is -2.31. The quantitative estimate of drug-likeness (QED) is 0.225. The fraction of sp³-hybridized carbons (Fsp3) is 0.571. The van der Waals surface area contributed by atoms with E-state index >= 15 is 0 Å². The molecule has 2 saturated carbocycles. The summed E-state index contributed by atoms with van der Waals surface area (Å²) in [7, 11) is 0. The predicted molar refractivity (Wildman–Crippen MR) is 196 cm³/mol. The number of rotatable bonds is 10. The third-order valence-electron chi connectivity index (χ3n) is 13.5. The van der Waals surface area contributed by atoms with Crippen molar-refractivity contribution in [3.63, 3.8) is 0 Å². The molecule has 49 heavy (non-hydrogen) atoms. The van der Waals surface area contributed by atoms with E-state index in [1.165, 1.54) is 88.6 Å². The number of carbonyl (C=O) groups is 2. The molecule has 6 aliphatic rings. The van der Waals surface area contributed by atoms with Gasteiger partial charge in [0.05, 0.1) is 5.56 Å². The molecule has 1 aromatic heterocycles. The zero-order chi connectivity index (χ0) is 32.9. The van der Waals surface area contributed by atoms with Gasteiger partial charge >= 0.3 is 0 Å². The molecule has 258 valence electrons. The Bertz CT molecular complexity index is 1490. The van der Waals surface area contributed by atoms with Crippen molar-refractivity contribution in [1.82, 2.24) is 20.4 Å². The molecule has 4 atom stereocenters. The number of hydrogen-bond acceptors (Lipinski definition) is 5. The Morgan fingerprint density at radius 3 is 1.39 bits per heavy atom. The molecule has 2 aromatic carbocycles. The summed E-state index contributed by atoms with van der Waals surface area (Å²) in [6.07, 6.45) is 16.6. The average Bonchev–Trinajstić information content (AvgIpc) is 3.98. The van der Waals surface area contributed by atoms with Crippen LogP contribution in [0.5, 0.6) is 0 Å². The average molecular weight is 677 g/mol. The van der Waals surface area contributed by atoms with Crippen LogP contribution in [-0.2, 0) is 0 Å². The fourth-order valence-corrected chi connectivity index (χ4v) is 11.8. The number of nitrogens with zero attached hydrogens (tertiary/aromatic N) is 2. The monoisotopic (exact) mass is 676 g/mol. The highest BCUT2D eigenvalue weighted by atomic mass is 32.1. The van der Waals surface area contributed by atoms with E-state index in [1.54, 1.807) is 22.3 Å². The highest BCUT2D eigenvalue weighted by Gasteiger charge is 2.44. The lowest BCUT2D eigenvalue weighted by molar-refractivity contribution is 0.0887. The maximum Gasteiger partial charge on any atom is 0.262 e. The molecule has 2 N–H and O–H groups in total. The number of hydrogen-bond donors (Lipinski definition) is 2. The largest absolute Gasteiger partial charge is 0.349 e. The molecule has 2 amide bonds. The molecule has 4 aliphatic heterocycles.